The van der Waals surface area contributed by atoms with E-state index in [0.29, 0.717) is 28.0 Å². The lowest BCUT2D eigenvalue weighted by Crippen LogP contribution is -2.33. The van der Waals surface area contributed by atoms with Crippen LogP contribution < -0.4 is 10.2 Å². The second-order valence-corrected chi connectivity index (χ2v) is 8.70. The van der Waals surface area contributed by atoms with E-state index in [2.05, 4.69) is 15.6 Å². The van der Waals surface area contributed by atoms with Crippen molar-refractivity contribution in [3.63, 3.8) is 0 Å². The van der Waals surface area contributed by atoms with Crippen LogP contribution >= 0.6 is 11.3 Å². The Balaban J connectivity index is 1.38. The zero-order chi connectivity index (χ0) is 24.2. The Kier molecular flexibility index (Phi) is 6.32. The first-order valence-electron chi connectivity index (χ1n) is 10.8. The summed E-state index contributed by atoms with van der Waals surface area (Å²) in [6, 6.07) is 24.7. The molecule has 3 aromatic carbocycles. The number of hydrogen-bond acceptors (Lipinski definition) is 5. The van der Waals surface area contributed by atoms with E-state index < -0.39 is 0 Å². The van der Waals surface area contributed by atoms with Crippen molar-refractivity contribution in [2.45, 2.75) is 13.1 Å². The van der Waals surface area contributed by atoms with Crippen LogP contribution in [0, 0.1) is 5.13 Å². The van der Waals surface area contributed by atoms with Gasteiger partial charge in [0.1, 0.15) is 12.1 Å². The fourth-order valence-corrected chi connectivity index (χ4v) is 4.33. The molecule has 0 saturated carbocycles. The van der Waals surface area contributed by atoms with Crippen molar-refractivity contribution in [3.8, 4) is 0 Å². The summed E-state index contributed by atoms with van der Waals surface area (Å²) in [5.41, 5.74) is 3.90. The van der Waals surface area contributed by atoms with E-state index in [0.717, 1.165) is 16.9 Å². The Labute approximate surface area is 204 Å². The van der Waals surface area contributed by atoms with E-state index in [1.165, 1.54) is 6.07 Å². The number of thiophene rings is 1. The zero-order valence-electron chi connectivity index (χ0n) is 18.5. The molecule has 35 heavy (non-hydrogen) atoms. The largest absolute Gasteiger partial charge is 0.322 e. The normalized spacial score (nSPS) is 10.9. The number of anilines is 2. The van der Waals surface area contributed by atoms with E-state index in [-0.39, 0.29) is 30.0 Å². The van der Waals surface area contributed by atoms with Crippen LogP contribution in [-0.2, 0) is 17.9 Å². The number of halogens is 1. The second-order valence-electron chi connectivity index (χ2n) is 7.84. The lowest BCUT2D eigenvalue weighted by atomic mass is 10.2. The number of nitrogens with zero attached hydrogens (tertiary/aromatic N) is 4. The van der Waals surface area contributed by atoms with Crippen molar-refractivity contribution >= 4 is 45.6 Å². The van der Waals surface area contributed by atoms with Gasteiger partial charge in [-0.2, -0.15) is 4.39 Å². The molecule has 0 radical (unpaired) electrons. The molecule has 0 fully saturated rings. The maximum atomic E-state index is 13.6. The number of para-hydroxylation sites is 1. The summed E-state index contributed by atoms with van der Waals surface area (Å²) in [4.78, 5) is 27.4. The van der Waals surface area contributed by atoms with Crippen molar-refractivity contribution in [1.82, 2.24) is 15.0 Å². The first-order valence-corrected chi connectivity index (χ1v) is 11.7. The van der Waals surface area contributed by atoms with Gasteiger partial charge in [-0.25, -0.2) is 4.68 Å². The van der Waals surface area contributed by atoms with E-state index in [4.69, 9.17) is 0 Å². The number of carbonyl (C=O) groups is 2. The standard InChI is InChI=1S/C26H20FN5O2S/c27-24-14-18(17-35-24)15-31(25(33)16-32-23-9-5-4-8-22(23)29-30-32)21-12-10-20(11-13-21)28-26(34)19-6-2-1-3-7-19/h1-14,17H,15-16H2,(H,28,34). The molecule has 0 bridgehead atoms. The monoisotopic (exact) mass is 485 g/mol. The van der Waals surface area contributed by atoms with Gasteiger partial charge in [0.05, 0.1) is 12.1 Å². The molecule has 5 rings (SSSR count). The number of benzene rings is 3. The third kappa shape index (κ3) is 5.10. The number of nitrogens with one attached hydrogen (secondary N) is 1. The number of fused-ring (bicyclic) bond motifs is 1. The molecule has 0 atom stereocenters. The third-order valence-corrected chi connectivity index (χ3v) is 6.21. The van der Waals surface area contributed by atoms with Crippen LogP contribution in [0.25, 0.3) is 11.0 Å². The van der Waals surface area contributed by atoms with Gasteiger partial charge >= 0.3 is 0 Å². The van der Waals surface area contributed by atoms with E-state index in [1.54, 1.807) is 63.5 Å². The van der Waals surface area contributed by atoms with Crippen LogP contribution in [0.2, 0.25) is 0 Å². The molecule has 9 heteroatoms. The summed E-state index contributed by atoms with van der Waals surface area (Å²) in [5, 5.41) is 12.4. The molecule has 0 saturated heterocycles. The summed E-state index contributed by atoms with van der Waals surface area (Å²) in [7, 11) is 0. The van der Waals surface area contributed by atoms with E-state index in [1.807, 2.05) is 30.3 Å². The summed E-state index contributed by atoms with van der Waals surface area (Å²) in [6.45, 7) is 0.168. The fourth-order valence-electron chi connectivity index (χ4n) is 3.70. The molecule has 2 amide bonds. The van der Waals surface area contributed by atoms with Crippen molar-refractivity contribution in [2.24, 2.45) is 0 Å². The van der Waals surface area contributed by atoms with Crippen molar-refractivity contribution < 1.29 is 14.0 Å². The molecule has 174 valence electrons. The van der Waals surface area contributed by atoms with Gasteiger partial charge < -0.3 is 10.2 Å². The van der Waals surface area contributed by atoms with Crippen molar-refractivity contribution in [2.75, 3.05) is 10.2 Å². The van der Waals surface area contributed by atoms with Gasteiger partial charge in [-0.3, -0.25) is 9.59 Å². The molecule has 0 unspecified atom stereocenters. The number of hydrogen-bond donors (Lipinski definition) is 1. The molecule has 1 N–H and O–H groups in total. The molecule has 0 aliphatic rings. The number of rotatable bonds is 7. The maximum Gasteiger partial charge on any atom is 0.255 e. The average Bonchev–Trinajstić information content (AvgIpc) is 3.49. The first kappa shape index (κ1) is 22.4. The molecule has 7 nitrogen and oxygen atoms in total. The molecular weight excluding hydrogens is 465 g/mol. The van der Waals surface area contributed by atoms with Gasteiger partial charge in [0.2, 0.25) is 5.91 Å². The number of aromatic nitrogens is 3. The molecule has 2 heterocycles. The minimum atomic E-state index is -0.311. The summed E-state index contributed by atoms with van der Waals surface area (Å²) in [6.07, 6.45) is 0. The van der Waals surface area contributed by atoms with Crippen LogP contribution in [-0.4, -0.2) is 26.8 Å². The highest BCUT2D eigenvalue weighted by atomic mass is 32.1. The van der Waals surface area contributed by atoms with Gasteiger partial charge in [0, 0.05) is 16.9 Å². The Morgan fingerprint density at radius 3 is 2.46 bits per heavy atom. The quantitative estimate of drug-likeness (QED) is 0.347. The minimum Gasteiger partial charge on any atom is -0.322 e. The highest BCUT2D eigenvalue weighted by Gasteiger charge is 2.19. The molecular formula is C26H20FN5O2S. The zero-order valence-corrected chi connectivity index (χ0v) is 19.3. The predicted molar refractivity (Wildman–Crippen MR) is 134 cm³/mol. The van der Waals surface area contributed by atoms with Crippen LogP contribution in [0.15, 0.2) is 90.3 Å². The van der Waals surface area contributed by atoms with Crippen LogP contribution in [0.3, 0.4) is 0 Å². The Hall–Kier alpha value is -4.37. The van der Waals surface area contributed by atoms with E-state index >= 15 is 0 Å². The van der Waals surface area contributed by atoms with Gasteiger partial charge in [-0.15, -0.1) is 16.4 Å². The Morgan fingerprint density at radius 2 is 1.71 bits per heavy atom. The lowest BCUT2D eigenvalue weighted by molar-refractivity contribution is -0.119. The fraction of sp³-hybridized carbons (Fsp3) is 0.0769. The van der Waals surface area contributed by atoms with Crippen LogP contribution in [0.5, 0.6) is 0 Å². The highest BCUT2D eigenvalue weighted by Crippen LogP contribution is 2.23. The Bertz CT molecular complexity index is 1480. The SMILES string of the molecule is O=C(Nc1ccc(N(Cc2csc(F)c2)C(=O)Cn2nnc3ccccc32)cc1)c1ccccc1. The predicted octanol–water partition coefficient (Wildman–Crippen LogP) is 5.12. The summed E-state index contributed by atoms with van der Waals surface area (Å²) < 4.78 is 15.2. The second kappa shape index (κ2) is 9.86. The molecule has 0 aliphatic heterocycles. The topological polar surface area (TPSA) is 80.1 Å². The molecule has 0 aliphatic carbocycles. The van der Waals surface area contributed by atoms with Crippen LogP contribution in [0.4, 0.5) is 15.8 Å². The maximum absolute atomic E-state index is 13.6. The summed E-state index contributed by atoms with van der Waals surface area (Å²) >= 11 is 0.988. The smallest absolute Gasteiger partial charge is 0.255 e. The van der Waals surface area contributed by atoms with Gasteiger partial charge in [-0.05, 0) is 65.5 Å². The Morgan fingerprint density at radius 1 is 0.971 bits per heavy atom. The third-order valence-electron chi connectivity index (χ3n) is 5.44. The lowest BCUT2D eigenvalue weighted by Gasteiger charge is -2.23. The summed E-state index contributed by atoms with van der Waals surface area (Å²) in [5.74, 6) is -0.452. The van der Waals surface area contributed by atoms with E-state index in [9.17, 15) is 14.0 Å². The van der Waals surface area contributed by atoms with Crippen LogP contribution in [0.1, 0.15) is 15.9 Å². The van der Waals surface area contributed by atoms with Gasteiger partial charge in [0.25, 0.3) is 5.91 Å². The highest BCUT2D eigenvalue weighted by molar-refractivity contribution is 7.08. The van der Waals surface area contributed by atoms with Crippen molar-refractivity contribution in [3.05, 3.63) is 107 Å². The number of carbonyl (C=O) groups excluding carboxylic acids is 2. The molecule has 5 aromatic rings. The average molecular weight is 486 g/mol. The first-order chi connectivity index (χ1) is 17.1. The van der Waals surface area contributed by atoms with Crippen molar-refractivity contribution in [1.29, 1.82) is 0 Å². The molecule has 0 spiro atoms. The molecule has 2 aromatic heterocycles. The number of amides is 2. The van der Waals surface area contributed by atoms with Gasteiger partial charge in [-0.1, -0.05) is 35.5 Å². The van der Waals surface area contributed by atoms with Gasteiger partial charge in [0.15, 0.2) is 5.13 Å². The minimum absolute atomic E-state index is 0.0281.